The van der Waals surface area contributed by atoms with Crippen LogP contribution in [0.3, 0.4) is 0 Å². The summed E-state index contributed by atoms with van der Waals surface area (Å²) in [6, 6.07) is 13.3. The van der Waals surface area contributed by atoms with Gasteiger partial charge < -0.3 is 10.1 Å². The van der Waals surface area contributed by atoms with Gasteiger partial charge in [0.2, 0.25) is 15.9 Å². The van der Waals surface area contributed by atoms with E-state index in [-0.39, 0.29) is 30.4 Å². The smallest absolute Gasteiger partial charge is 0.240 e. The van der Waals surface area contributed by atoms with Crippen molar-refractivity contribution < 1.29 is 17.9 Å². The largest absolute Gasteiger partial charge is 0.493 e. The molecule has 8 heteroatoms. The molecule has 0 heterocycles. The number of sulfonamides is 1. The van der Waals surface area contributed by atoms with Crippen molar-refractivity contribution in [2.24, 2.45) is 0 Å². The fourth-order valence-electron chi connectivity index (χ4n) is 2.02. The molecular formula is C17H19ClN2O4S. The van der Waals surface area contributed by atoms with Crippen LogP contribution in [0, 0.1) is 0 Å². The minimum atomic E-state index is -3.50. The Hall–Kier alpha value is -2.09. The number of ether oxygens (including phenoxy) is 1. The number of nitrogens with one attached hydrogen (secondary N) is 2. The summed E-state index contributed by atoms with van der Waals surface area (Å²) in [5.74, 6) is 0.456. The van der Waals surface area contributed by atoms with Gasteiger partial charge in [-0.05, 0) is 49.0 Å². The number of carbonyl (C=O) groups is 1. The lowest BCUT2D eigenvalue weighted by atomic mass is 10.2. The van der Waals surface area contributed by atoms with Crippen LogP contribution in [0.15, 0.2) is 53.4 Å². The first-order valence-electron chi connectivity index (χ1n) is 7.58. The van der Waals surface area contributed by atoms with Crippen LogP contribution >= 0.6 is 11.6 Å². The molecule has 2 aromatic carbocycles. The van der Waals surface area contributed by atoms with Gasteiger partial charge in [-0.3, -0.25) is 4.79 Å². The predicted molar refractivity (Wildman–Crippen MR) is 96.1 cm³/mol. The van der Waals surface area contributed by atoms with Crippen molar-refractivity contribution in [3.8, 4) is 5.75 Å². The van der Waals surface area contributed by atoms with Gasteiger partial charge >= 0.3 is 0 Å². The van der Waals surface area contributed by atoms with Gasteiger partial charge in [-0.2, -0.15) is 0 Å². The third-order valence-corrected chi connectivity index (χ3v) is 5.04. The third kappa shape index (κ3) is 6.04. The molecular weight excluding hydrogens is 364 g/mol. The number of rotatable bonds is 8. The summed E-state index contributed by atoms with van der Waals surface area (Å²) in [6.07, 6.45) is 0.192. The Bertz CT molecular complexity index is 823. The average Bonchev–Trinajstić information content (AvgIpc) is 2.62. The molecule has 0 aliphatic carbocycles. The standard InChI is InChI=1S/C17H19ClN2O4S/c1-19-25(22,23)16-4-2-3-13(11-16)12-20-17(21)9-10-24-15-7-5-14(18)6-8-15/h2-8,11,19H,9-10,12H2,1H3,(H,20,21). The van der Waals surface area contributed by atoms with Crippen LogP contribution in [0.5, 0.6) is 5.75 Å². The maximum absolute atomic E-state index is 11.9. The van der Waals surface area contributed by atoms with E-state index in [1.807, 2.05) is 0 Å². The van der Waals surface area contributed by atoms with E-state index in [2.05, 4.69) is 10.0 Å². The molecule has 1 amide bonds. The van der Waals surface area contributed by atoms with Gasteiger partial charge in [0.15, 0.2) is 0 Å². The monoisotopic (exact) mass is 382 g/mol. The highest BCUT2D eigenvalue weighted by Crippen LogP contribution is 2.15. The van der Waals surface area contributed by atoms with Gasteiger partial charge in [0, 0.05) is 11.6 Å². The van der Waals surface area contributed by atoms with Gasteiger partial charge in [-0.1, -0.05) is 23.7 Å². The van der Waals surface area contributed by atoms with E-state index in [4.69, 9.17) is 16.3 Å². The van der Waals surface area contributed by atoms with Gasteiger partial charge in [0.1, 0.15) is 5.75 Å². The van der Waals surface area contributed by atoms with Crippen molar-refractivity contribution in [3.05, 3.63) is 59.1 Å². The highest BCUT2D eigenvalue weighted by atomic mass is 35.5. The van der Waals surface area contributed by atoms with Gasteiger partial charge in [0.25, 0.3) is 0 Å². The first-order chi connectivity index (χ1) is 11.9. The van der Waals surface area contributed by atoms with Crippen LogP contribution in [0.2, 0.25) is 5.02 Å². The molecule has 0 saturated carbocycles. The van der Waals surface area contributed by atoms with E-state index in [1.54, 1.807) is 36.4 Å². The molecule has 0 atom stereocenters. The van der Waals surface area contributed by atoms with Crippen LogP contribution in [0.1, 0.15) is 12.0 Å². The lowest BCUT2D eigenvalue weighted by Crippen LogP contribution is -2.24. The highest BCUT2D eigenvalue weighted by Gasteiger charge is 2.11. The fraction of sp³-hybridized carbons (Fsp3) is 0.235. The molecule has 0 unspecified atom stereocenters. The van der Waals surface area contributed by atoms with Crippen LogP contribution in [0.4, 0.5) is 0 Å². The molecule has 2 rings (SSSR count). The van der Waals surface area contributed by atoms with Crippen molar-refractivity contribution in [3.63, 3.8) is 0 Å². The van der Waals surface area contributed by atoms with Crippen molar-refractivity contribution in [2.75, 3.05) is 13.7 Å². The van der Waals surface area contributed by atoms with Gasteiger partial charge in [-0.15, -0.1) is 0 Å². The molecule has 25 heavy (non-hydrogen) atoms. The molecule has 0 aromatic heterocycles. The molecule has 6 nitrogen and oxygen atoms in total. The lowest BCUT2D eigenvalue weighted by Gasteiger charge is -2.09. The normalized spacial score (nSPS) is 11.1. The molecule has 0 fully saturated rings. The van der Waals surface area contributed by atoms with Crippen LogP contribution in [0.25, 0.3) is 0 Å². The van der Waals surface area contributed by atoms with Crippen LogP contribution < -0.4 is 14.8 Å². The number of halogens is 1. The van der Waals surface area contributed by atoms with Crippen LogP contribution in [-0.2, 0) is 21.4 Å². The molecule has 134 valence electrons. The number of benzene rings is 2. The number of hydrogen-bond donors (Lipinski definition) is 2. The third-order valence-electron chi connectivity index (χ3n) is 3.38. The Kier molecular flexibility index (Phi) is 6.81. The van der Waals surface area contributed by atoms with Gasteiger partial charge in [-0.25, -0.2) is 13.1 Å². The number of carbonyl (C=O) groups excluding carboxylic acids is 1. The molecule has 0 aliphatic rings. The molecule has 2 aromatic rings. The minimum absolute atomic E-state index is 0.160. The molecule has 0 saturated heterocycles. The number of amides is 1. The van der Waals surface area contributed by atoms with Crippen molar-refractivity contribution in [1.29, 1.82) is 0 Å². The van der Waals surface area contributed by atoms with Crippen molar-refractivity contribution in [1.82, 2.24) is 10.0 Å². The van der Waals surface area contributed by atoms with Crippen molar-refractivity contribution in [2.45, 2.75) is 17.9 Å². The molecule has 0 aliphatic heterocycles. The van der Waals surface area contributed by atoms with Crippen LogP contribution in [-0.4, -0.2) is 28.0 Å². The maximum atomic E-state index is 11.9. The zero-order valence-corrected chi connectivity index (χ0v) is 15.2. The Labute approximate surface area is 152 Å². The maximum Gasteiger partial charge on any atom is 0.240 e. The summed E-state index contributed by atoms with van der Waals surface area (Å²) in [5.41, 5.74) is 0.697. The van der Waals surface area contributed by atoms with E-state index in [1.165, 1.54) is 19.2 Å². The SMILES string of the molecule is CNS(=O)(=O)c1cccc(CNC(=O)CCOc2ccc(Cl)cc2)c1. The molecule has 2 N–H and O–H groups in total. The molecule has 0 radical (unpaired) electrons. The Morgan fingerprint density at radius 3 is 2.56 bits per heavy atom. The van der Waals surface area contributed by atoms with E-state index in [0.29, 0.717) is 16.3 Å². The summed E-state index contributed by atoms with van der Waals surface area (Å²) < 4.78 is 31.2. The lowest BCUT2D eigenvalue weighted by molar-refractivity contribution is -0.121. The quantitative estimate of drug-likeness (QED) is 0.733. The second kappa shape index (κ2) is 8.84. The summed E-state index contributed by atoms with van der Waals surface area (Å²) in [7, 11) is -2.15. The summed E-state index contributed by atoms with van der Waals surface area (Å²) in [6.45, 7) is 0.481. The van der Waals surface area contributed by atoms with Crippen molar-refractivity contribution >= 4 is 27.5 Å². The summed E-state index contributed by atoms with van der Waals surface area (Å²) in [5, 5.41) is 3.35. The minimum Gasteiger partial charge on any atom is -0.493 e. The van der Waals surface area contributed by atoms with E-state index < -0.39 is 10.0 Å². The number of hydrogen-bond acceptors (Lipinski definition) is 4. The fourth-order valence-corrected chi connectivity index (χ4v) is 2.95. The predicted octanol–water partition coefficient (Wildman–Crippen LogP) is 2.33. The van der Waals surface area contributed by atoms with E-state index in [9.17, 15) is 13.2 Å². The second-order valence-electron chi connectivity index (χ2n) is 5.18. The second-order valence-corrected chi connectivity index (χ2v) is 7.51. The summed E-state index contributed by atoms with van der Waals surface area (Å²) in [4.78, 5) is 12.0. The zero-order chi connectivity index (χ0) is 18.3. The summed E-state index contributed by atoms with van der Waals surface area (Å²) >= 11 is 5.78. The van der Waals surface area contributed by atoms with E-state index in [0.717, 1.165) is 0 Å². The van der Waals surface area contributed by atoms with Gasteiger partial charge in [0.05, 0.1) is 17.9 Å². The molecule has 0 spiro atoms. The Balaban J connectivity index is 1.80. The Morgan fingerprint density at radius 1 is 1.16 bits per heavy atom. The Morgan fingerprint density at radius 2 is 1.88 bits per heavy atom. The topological polar surface area (TPSA) is 84.5 Å². The average molecular weight is 383 g/mol. The molecule has 0 bridgehead atoms. The zero-order valence-electron chi connectivity index (χ0n) is 13.7. The highest BCUT2D eigenvalue weighted by molar-refractivity contribution is 7.89. The van der Waals surface area contributed by atoms with E-state index >= 15 is 0 Å². The first-order valence-corrected chi connectivity index (χ1v) is 9.44. The first kappa shape index (κ1) is 19.2.